The van der Waals surface area contributed by atoms with Gasteiger partial charge in [0.2, 0.25) is 0 Å². The molecule has 0 aromatic carbocycles. The van der Waals surface area contributed by atoms with E-state index in [2.05, 4.69) is 50.8 Å². The van der Waals surface area contributed by atoms with Gasteiger partial charge in [0.1, 0.15) is 0 Å². The molecule has 0 bridgehead atoms. The van der Waals surface area contributed by atoms with Gasteiger partial charge in [0.25, 0.3) is 0 Å². The second kappa shape index (κ2) is 18.6. The molecule has 127 valence electrons. The monoisotopic (exact) mass is 461 g/mol. The summed E-state index contributed by atoms with van der Waals surface area (Å²) in [6, 6.07) is 0.559. The van der Waals surface area contributed by atoms with Crippen LogP contribution in [0.2, 0.25) is 0 Å². The normalized spacial score (nSPS) is 19.1. The third kappa shape index (κ3) is 20.5. The number of nitrogens with zero attached hydrogens (tertiary/aromatic N) is 1. The molecule has 2 heteroatoms. The van der Waals surface area contributed by atoms with E-state index in [1.54, 1.807) is 6.92 Å². The van der Waals surface area contributed by atoms with Crippen molar-refractivity contribution >= 4 is 0 Å². The molecular weight excluding hydrogens is 423 g/mol. The van der Waals surface area contributed by atoms with E-state index in [1.165, 1.54) is 51.4 Å². The van der Waals surface area contributed by atoms with Gasteiger partial charge in [0.15, 0.2) is 0 Å². The molecule has 0 aliphatic heterocycles. The van der Waals surface area contributed by atoms with Crippen LogP contribution in [0.5, 0.6) is 0 Å². The molecule has 1 nitrogen and oxygen atoms in total. The minimum Gasteiger partial charge on any atom is -0.346 e. The number of hydrogen-bond donors (Lipinski definition) is 0. The quantitative estimate of drug-likeness (QED) is 0.382. The first-order valence-corrected chi connectivity index (χ1v) is 10.2. The van der Waals surface area contributed by atoms with Crippen molar-refractivity contribution in [3.8, 4) is 0 Å². The van der Waals surface area contributed by atoms with Crippen LogP contribution >= 0.6 is 0 Å². The molecule has 0 aromatic heterocycles. The van der Waals surface area contributed by atoms with Crippen LogP contribution < -0.4 is 0 Å². The largest absolute Gasteiger partial charge is 0.346 e. The number of hydrogen-bond acceptors (Lipinski definition) is 1. The summed E-state index contributed by atoms with van der Waals surface area (Å²) in [5.41, 5.74) is 0. The van der Waals surface area contributed by atoms with Gasteiger partial charge in [-0.3, -0.25) is 0 Å². The van der Waals surface area contributed by atoms with Gasteiger partial charge in [0, 0.05) is 0 Å². The SMILES string of the molecule is CC(C)[N]=[Ta].CC1CC[CH-]CC1.CC1CC[CH-]CC1.[CH2-]C. The predicted octanol–water partition coefficient (Wildman–Crippen LogP) is 6.77. The van der Waals surface area contributed by atoms with Crippen LogP contribution in [0, 0.1) is 31.6 Å². The summed E-state index contributed by atoms with van der Waals surface area (Å²) in [7, 11) is 0. The Bertz CT molecular complexity index is 176. The summed E-state index contributed by atoms with van der Waals surface area (Å²) < 4.78 is 4.00. The first kappa shape index (κ1) is 23.8. The first-order valence-electron chi connectivity index (χ1n) is 8.74. The van der Waals surface area contributed by atoms with Crippen molar-refractivity contribution in [2.75, 3.05) is 0 Å². The maximum Gasteiger partial charge on any atom is -0.0491 e. The van der Waals surface area contributed by atoms with Crippen LogP contribution in [0.1, 0.15) is 86.0 Å². The van der Waals surface area contributed by atoms with E-state index in [-0.39, 0.29) is 0 Å². The zero-order chi connectivity index (χ0) is 16.5. The van der Waals surface area contributed by atoms with Crippen molar-refractivity contribution in [2.24, 2.45) is 15.2 Å². The molecule has 2 fully saturated rings. The van der Waals surface area contributed by atoms with E-state index < -0.39 is 0 Å². The van der Waals surface area contributed by atoms with Crippen LogP contribution in [0.15, 0.2) is 3.34 Å². The molecule has 0 spiro atoms. The number of rotatable bonds is 1. The molecule has 21 heavy (non-hydrogen) atoms. The van der Waals surface area contributed by atoms with E-state index in [0.717, 1.165) is 32.7 Å². The molecule has 2 aliphatic carbocycles. The van der Waals surface area contributed by atoms with Crippen molar-refractivity contribution in [2.45, 2.75) is 92.0 Å². The second-order valence-electron chi connectivity index (χ2n) is 6.31. The molecule has 2 aliphatic rings. The Morgan fingerprint density at radius 1 is 0.857 bits per heavy atom. The minimum atomic E-state index is 0.559. The average Bonchev–Trinajstić information content (AvgIpc) is 2.52. The fourth-order valence-corrected chi connectivity index (χ4v) is 2.19. The Morgan fingerprint density at radius 3 is 1.19 bits per heavy atom. The van der Waals surface area contributed by atoms with Crippen LogP contribution in [0.3, 0.4) is 0 Å². The predicted molar refractivity (Wildman–Crippen MR) is 92.5 cm³/mol. The second-order valence-corrected chi connectivity index (χ2v) is 7.14. The first-order chi connectivity index (χ1) is 10.1. The topological polar surface area (TPSA) is 12.4 Å². The van der Waals surface area contributed by atoms with E-state index in [9.17, 15) is 0 Å². The van der Waals surface area contributed by atoms with Crippen molar-refractivity contribution in [3.63, 3.8) is 0 Å². The third-order valence-electron chi connectivity index (χ3n) is 3.69. The molecule has 2 saturated carbocycles. The molecule has 0 radical (unpaired) electrons. The zero-order valence-corrected chi connectivity index (χ0v) is 18.4. The van der Waals surface area contributed by atoms with Gasteiger partial charge in [-0.1, -0.05) is 39.5 Å². The standard InChI is InChI=1S/2C7H13.C3H7N.C2H5.Ta/c2*1-7-5-3-2-4-6-7;1-3(2)4;1-2;/h2*2,7H,3-6H2,1H3;3H,1-2H3;1H2,2H3;/q2*-1;;-1;. The molecule has 0 amide bonds. The van der Waals surface area contributed by atoms with Crippen LogP contribution in [-0.4, -0.2) is 6.04 Å². The smallest absolute Gasteiger partial charge is 0.0491 e. The van der Waals surface area contributed by atoms with Crippen LogP contribution in [0.25, 0.3) is 0 Å². The van der Waals surface area contributed by atoms with Crippen molar-refractivity contribution < 1.29 is 20.9 Å². The zero-order valence-electron chi connectivity index (χ0n) is 15.1. The van der Waals surface area contributed by atoms with Crippen molar-refractivity contribution in [3.05, 3.63) is 19.8 Å². The maximum atomic E-state index is 4.00. The summed E-state index contributed by atoms with van der Waals surface area (Å²) in [5.74, 6) is 2.01. The summed E-state index contributed by atoms with van der Waals surface area (Å²) >= 11 is 1.16. The van der Waals surface area contributed by atoms with Crippen LogP contribution in [-0.2, 0) is 20.9 Å². The maximum absolute atomic E-state index is 4.00. The van der Waals surface area contributed by atoms with Gasteiger partial charge < -0.3 is 19.8 Å². The molecule has 2 rings (SSSR count). The van der Waals surface area contributed by atoms with E-state index in [0.29, 0.717) is 6.04 Å². The summed E-state index contributed by atoms with van der Waals surface area (Å²) in [5, 5.41) is 0. The summed E-state index contributed by atoms with van der Waals surface area (Å²) in [6.45, 7) is 13.8. The van der Waals surface area contributed by atoms with Gasteiger partial charge in [-0.05, 0) is 11.8 Å². The molecule has 0 aromatic rings. The van der Waals surface area contributed by atoms with E-state index in [4.69, 9.17) is 0 Å². The summed E-state index contributed by atoms with van der Waals surface area (Å²) in [4.78, 5) is 0. The Labute approximate surface area is 147 Å². The van der Waals surface area contributed by atoms with E-state index >= 15 is 0 Å². The molecule has 0 heterocycles. The van der Waals surface area contributed by atoms with Gasteiger partial charge in [-0.2, -0.15) is 32.6 Å². The third-order valence-corrected chi connectivity index (χ3v) is 5.34. The fourth-order valence-electron chi connectivity index (χ4n) is 2.19. The van der Waals surface area contributed by atoms with E-state index in [1.807, 2.05) is 0 Å². The van der Waals surface area contributed by atoms with Gasteiger partial charge in [-0.25, -0.2) is 0 Å². The molecular formula is C19H38NTa-3. The molecule has 0 unspecified atom stereocenters. The van der Waals surface area contributed by atoms with Crippen molar-refractivity contribution in [1.82, 2.24) is 0 Å². The Kier molecular flexibility index (Phi) is 21.1. The Hall–Kier alpha value is 0.540. The Balaban J connectivity index is 0. The minimum absolute atomic E-state index is 0.559. The Morgan fingerprint density at radius 2 is 1.10 bits per heavy atom. The molecule has 0 saturated heterocycles. The molecule has 0 N–H and O–H groups in total. The molecule has 0 atom stereocenters. The van der Waals surface area contributed by atoms with Gasteiger partial charge in [-0.15, -0.1) is 0 Å². The summed E-state index contributed by atoms with van der Waals surface area (Å²) in [6.07, 6.45) is 16.0. The fraction of sp³-hybridized carbons (Fsp3) is 0.842. The average molecular weight is 461 g/mol. The van der Waals surface area contributed by atoms with Crippen LogP contribution in [0.4, 0.5) is 0 Å². The van der Waals surface area contributed by atoms with Gasteiger partial charge >= 0.3 is 44.1 Å². The van der Waals surface area contributed by atoms with Crippen molar-refractivity contribution in [1.29, 1.82) is 0 Å². The van der Waals surface area contributed by atoms with Gasteiger partial charge in [0.05, 0.1) is 0 Å².